The van der Waals surface area contributed by atoms with Crippen molar-refractivity contribution in [3.8, 4) is 5.88 Å². The van der Waals surface area contributed by atoms with E-state index in [1.54, 1.807) is 27.7 Å². The van der Waals surface area contributed by atoms with Crippen molar-refractivity contribution in [3.63, 3.8) is 0 Å². The van der Waals surface area contributed by atoms with Gasteiger partial charge < -0.3 is 15.7 Å². The molecule has 0 unspecified atom stereocenters. The van der Waals surface area contributed by atoms with E-state index >= 15 is 0 Å². The second-order valence-electron chi connectivity index (χ2n) is 4.79. The number of aromatic amines is 1. The molecule has 0 saturated carbocycles. The molecule has 7 nitrogen and oxygen atoms in total. The Hall–Kier alpha value is -1.76. The summed E-state index contributed by atoms with van der Waals surface area (Å²) in [6, 6.07) is -0.825. The zero-order valence-electron chi connectivity index (χ0n) is 10.9. The van der Waals surface area contributed by atoms with Crippen LogP contribution < -0.4 is 16.3 Å². The first-order valence-corrected chi connectivity index (χ1v) is 5.77. The number of H-pyrrole nitrogens is 1. The van der Waals surface area contributed by atoms with E-state index in [1.165, 1.54) is 0 Å². The average molecular weight is 257 g/mol. The van der Waals surface area contributed by atoms with Gasteiger partial charge in [-0.3, -0.25) is 4.98 Å². The molecule has 1 aromatic heterocycles. The van der Waals surface area contributed by atoms with Crippen molar-refractivity contribution < 1.29 is 14.7 Å². The molecule has 0 fully saturated rings. The second-order valence-corrected chi connectivity index (χ2v) is 4.79. The monoisotopic (exact) mass is 257 g/mol. The fraction of sp³-hybridized carbons (Fsp3) is 0.636. The van der Waals surface area contributed by atoms with Gasteiger partial charge in [0.25, 0.3) is 0 Å². The Morgan fingerprint density at radius 2 is 1.94 bits per heavy atom. The predicted molar refractivity (Wildman–Crippen MR) is 65.2 cm³/mol. The van der Waals surface area contributed by atoms with Crippen LogP contribution in [0, 0.1) is 5.92 Å². The number of nitrogens with one attached hydrogen (secondary N) is 1. The largest absolute Gasteiger partial charge is 0.493 e. The van der Waals surface area contributed by atoms with Crippen LogP contribution in [-0.4, -0.2) is 26.8 Å². The minimum absolute atomic E-state index is 0.108. The predicted octanol–water partition coefficient (Wildman–Crippen LogP) is -0.0561. The van der Waals surface area contributed by atoms with Crippen LogP contribution in [-0.2, 0) is 4.79 Å². The van der Waals surface area contributed by atoms with Gasteiger partial charge >= 0.3 is 11.7 Å². The number of aromatic hydroxyl groups is 1. The fourth-order valence-corrected chi connectivity index (χ4v) is 1.44. The van der Waals surface area contributed by atoms with Crippen molar-refractivity contribution in [2.75, 3.05) is 0 Å². The molecular formula is C11H19N3O4. The summed E-state index contributed by atoms with van der Waals surface area (Å²) in [4.78, 5) is 30.3. The van der Waals surface area contributed by atoms with Gasteiger partial charge in [-0.05, 0) is 5.92 Å². The van der Waals surface area contributed by atoms with E-state index < -0.39 is 17.7 Å². The number of carbonyl (C=O) groups excluding carboxylic acids is 1. The number of nitrogens with two attached hydrogens (primary N) is 1. The van der Waals surface area contributed by atoms with Gasteiger partial charge in [-0.2, -0.15) is 0 Å². The zero-order valence-corrected chi connectivity index (χ0v) is 10.9. The third-order valence-corrected chi connectivity index (χ3v) is 2.59. The maximum atomic E-state index is 11.7. The molecule has 102 valence electrons. The standard InChI is InChI=1S/C11H19N3O4/c1-5(2)7(12)10(16)18-14-8(6(3)4)9(15)13-11(14)17/h5-7,15H,12H2,1-4H3,(H,13,17)/t7-/m0/s1. The molecule has 4 N–H and O–H groups in total. The number of imidazole rings is 1. The minimum atomic E-state index is -0.825. The summed E-state index contributed by atoms with van der Waals surface area (Å²) in [5.41, 5.74) is 5.13. The molecule has 0 radical (unpaired) electrons. The molecule has 1 aromatic rings. The first-order chi connectivity index (χ1) is 8.25. The molecule has 0 saturated heterocycles. The Bertz CT molecular complexity index is 487. The summed E-state index contributed by atoms with van der Waals surface area (Å²) in [5.74, 6) is -1.32. The lowest BCUT2D eigenvalue weighted by atomic mass is 10.1. The van der Waals surface area contributed by atoms with Crippen LogP contribution >= 0.6 is 0 Å². The van der Waals surface area contributed by atoms with E-state index in [2.05, 4.69) is 4.98 Å². The van der Waals surface area contributed by atoms with Crippen molar-refractivity contribution in [2.45, 2.75) is 39.7 Å². The van der Waals surface area contributed by atoms with E-state index in [0.717, 1.165) is 4.73 Å². The molecule has 0 aliphatic heterocycles. The van der Waals surface area contributed by atoms with Gasteiger partial charge in [-0.15, -0.1) is 4.73 Å². The third-order valence-electron chi connectivity index (χ3n) is 2.59. The Labute approximate surface area is 105 Å². The zero-order chi connectivity index (χ0) is 14.0. The number of nitrogens with zero attached hydrogens (tertiary/aromatic N) is 1. The number of carbonyl (C=O) groups is 1. The highest BCUT2D eigenvalue weighted by atomic mass is 16.7. The number of hydrogen-bond acceptors (Lipinski definition) is 5. The molecule has 0 aliphatic carbocycles. The van der Waals surface area contributed by atoms with Crippen LogP contribution in [0.4, 0.5) is 0 Å². The Balaban J connectivity index is 3.05. The quantitative estimate of drug-likeness (QED) is 0.700. The van der Waals surface area contributed by atoms with Crippen LogP contribution in [0.1, 0.15) is 39.3 Å². The van der Waals surface area contributed by atoms with E-state index in [9.17, 15) is 14.7 Å². The highest BCUT2D eigenvalue weighted by Gasteiger charge is 2.24. The SMILES string of the molecule is CC(C)c1c(O)[nH]c(=O)n1OC(=O)[C@@H](N)C(C)C. The van der Waals surface area contributed by atoms with Gasteiger partial charge in [0.1, 0.15) is 11.7 Å². The van der Waals surface area contributed by atoms with Gasteiger partial charge in [0.15, 0.2) is 0 Å². The number of rotatable bonds is 4. The van der Waals surface area contributed by atoms with Crippen molar-refractivity contribution in [2.24, 2.45) is 11.7 Å². The van der Waals surface area contributed by atoms with Gasteiger partial charge in [0.05, 0.1) is 0 Å². The summed E-state index contributed by atoms with van der Waals surface area (Å²) in [7, 11) is 0. The topological polar surface area (TPSA) is 110 Å². The molecule has 1 heterocycles. The van der Waals surface area contributed by atoms with Gasteiger partial charge in [0.2, 0.25) is 5.88 Å². The molecule has 1 rings (SSSR count). The molecular weight excluding hydrogens is 238 g/mol. The molecule has 0 aromatic carbocycles. The van der Waals surface area contributed by atoms with E-state index in [0.29, 0.717) is 0 Å². The molecule has 1 atom stereocenters. The summed E-state index contributed by atoms with van der Waals surface area (Å²) in [5, 5.41) is 9.54. The lowest BCUT2D eigenvalue weighted by Gasteiger charge is -2.15. The van der Waals surface area contributed by atoms with E-state index in [1.807, 2.05) is 0 Å². The van der Waals surface area contributed by atoms with Crippen LogP contribution in [0.15, 0.2) is 4.79 Å². The normalized spacial score (nSPS) is 13.1. The van der Waals surface area contributed by atoms with Crippen molar-refractivity contribution in [3.05, 3.63) is 16.2 Å². The summed E-state index contributed by atoms with van der Waals surface area (Å²) in [6.07, 6.45) is 0. The van der Waals surface area contributed by atoms with Crippen molar-refractivity contribution >= 4 is 5.97 Å². The Morgan fingerprint density at radius 1 is 1.39 bits per heavy atom. The Kier molecular flexibility index (Phi) is 4.18. The summed E-state index contributed by atoms with van der Waals surface area (Å²) < 4.78 is 0.755. The highest BCUT2D eigenvalue weighted by molar-refractivity contribution is 5.76. The fourth-order valence-electron chi connectivity index (χ4n) is 1.44. The molecule has 0 aliphatic rings. The van der Waals surface area contributed by atoms with Gasteiger partial charge in [0, 0.05) is 5.92 Å². The van der Waals surface area contributed by atoms with Gasteiger partial charge in [-0.25, -0.2) is 9.59 Å². The second kappa shape index (κ2) is 5.26. The number of aromatic nitrogens is 2. The first kappa shape index (κ1) is 14.3. The molecule has 0 bridgehead atoms. The highest BCUT2D eigenvalue weighted by Crippen LogP contribution is 2.20. The van der Waals surface area contributed by atoms with Crippen LogP contribution in [0.25, 0.3) is 0 Å². The van der Waals surface area contributed by atoms with E-state index in [4.69, 9.17) is 10.6 Å². The van der Waals surface area contributed by atoms with Crippen LogP contribution in [0.2, 0.25) is 0 Å². The maximum Gasteiger partial charge on any atom is 0.362 e. The first-order valence-electron chi connectivity index (χ1n) is 5.77. The average Bonchev–Trinajstić information content (AvgIpc) is 2.52. The van der Waals surface area contributed by atoms with Gasteiger partial charge in [-0.1, -0.05) is 27.7 Å². The molecule has 7 heteroatoms. The minimum Gasteiger partial charge on any atom is -0.493 e. The lowest BCUT2D eigenvalue weighted by molar-refractivity contribution is -0.147. The summed E-state index contributed by atoms with van der Waals surface area (Å²) >= 11 is 0. The molecule has 18 heavy (non-hydrogen) atoms. The summed E-state index contributed by atoms with van der Waals surface area (Å²) in [6.45, 7) is 7.06. The smallest absolute Gasteiger partial charge is 0.362 e. The van der Waals surface area contributed by atoms with Crippen molar-refractivity contribution in [1.29, 1.82) is 0 Å². The lowest BCUT2D eigenvalue weighted by Crippen LogP contribution is -2.44. The molecule has 0 spiro atoms. The van der Waals surface area contributed by atoms with Crippen LogP contribution in [0.5, 0.6) is 5.88 Å². The molecule has 0 amide bonds. The third kappa shape index (κ3) is 2.73. The number of hydrogen-bond donors (Lipinski definition) is 3. The van der Waals surface area contributed by atoms with Crippen molar-refractivity contribution in [1.82, 2.24) is 9.71 Å². The maximum absolute atomic E-state index is 11.7. The van der Waals surface area contributed by atoms with E-state index in [-0.39, 0.29) is 23.4 Å². The Morgan fingerprint density at radius 3 is 2.39 bits per heavy atom. The van der Waals surface area contributed by atoms with Crippen LogP contribution in [0.3, 0.4) is 0 Å².